The van der Waals surface area contributed by atoms with Crippen molar-refractivity contribution in [1.82, 2.24) is 5.32 Å². The highest BCUT2D eigenvalue weighted by molar-refractivity contribution is 5.53. The van der Waals surface area contributed by atoms with Gasteiger partial charge in [0, 0.05) is 31.4 Å². The minimum Gasteiger partial charge on any atom is -0.378 e. The molecule has 3 fully saturated rings. The topological polar surface area (TPSA) is 24.5 Å². The number of anilines is 1. The first-order valence-electron chi connectivity index (χ1n) is 8.56. The summed E-state index contributed by atoms with van der Waals surface area (Å²) in [6.45, 7) is 4.77. The maximum absolute atomic E-state index is 5.48. The lowest BCUT2D eigenvalue weighted by atomic mass is 10.1. The second kappa shape index (κ2) is 5.98. The zero-order valence-electron chi connectivity index (χ0n) is 12.8. The normalized spacial score (nSPS) is 22.8. The molecule has 0 unspecified atom stereocenters. The second-order valence-electron chi connectivity index (χ2n) is 6.81. The van der Waals surface area contributed by atoms with Crippen LogP contribution in [0.3, 0.4) is 0 Å². The number of benzene rings is 1. The summed E-state index contributed by atoms with van der Waals surface area (Å²) < 4.78 is 5.48. The molecule has 2 saturated carbocycles. The maximum atomic E-state index is 5.48. The third-order valence-corrected chi connectivity index (χ3v) is 5.13. The van der Waals surface area contributed by atoms with Gasteiger partial charge in [-0.05, 0) is 49.1 Å². The van der Waals surface area contributed by atoms with Crippen LogP contribution in [-0.4, -0.2) is 32.3 Å². The molecule has 114 valence electrons. The highest BCUT2D eigenvalue weighted by Gasteiger charge is 2.41. The van der Waals surface area contributed by atoms with Crippen molar-refractivity contribution in [3.8, 4) is 0 Å². The van der Waals surface area contributed by atoms with Gasteiger partial charge in [-0.25, -0.2) is 0 Å². The van der Waals surface area contributed by atoms with E-state index in [4.69, 9.17) is 4.74 Å². The van der Waals surface area contributed by atoms with Crippen LogP contribution in [0.25, 0.3) is 0 Å². The van der Waals surface area contributed by atoms with E-state index in [0.29, 0.717) is 0 Å². The summed E-state index contributed by atoms with van der Waals surface area (Å²) >= 11 is 0. The number of para-hydroxylation sites is 1. The van der Waals surface area contributed by atoms with Crippen molar-refractivity contribution in [2.24, 2.45) is 11.8 Å². The van der Waals surface area contributed by atoms with Crippen molar-refractivity contribution >= 4 is 5.69 Å². The number of morpholine rings is 1. The van der Waals surface area contributed by atoms with Crippen molar-refractivity contribution in [2.75, 3.05) is 31.2 Å². The van der Waals surface area contributed by atoms with E-state index >= 15 is 0 Å². The summed E-state index contributed by atoms with van der Waals surface area (Å²) in [5.41, 5.74) is 2.85. The molecule has 0 amide bonds. The van der Waals surface area contributed by atoms with Crippen LogP contribution in [0, 0.1) is 11.8 Å². The van der Waals surface area contributed by atoms with E-state index in [1.807, 2.05) is 0 Å². The number of ether oxygens (including phenoxy) is 1. The molecular formula is C18H26N2O. The van der Waals surface area contributed by atoms with Crippen molar-refractivity contribution in [1.29, 1.82) is 0 Å². The highest BCUT2D eigenvalue weighted by atomic mass is 16.5. The first-order valence-corrected chi connectivity index (χ1v) is 8.56. The molecule has 21 heavy (non-hydrogen) atoms. The Bertz CT molecular complexity index is 464. The maximum Gasteiger partial charge on any atom is 0.0642 e. The SMILES string of the molecule is c1ccc(N2CCOCC2)c(CNC(C2CC2)C2CC2)c1. The van der Waals surface area contributed by atoms with Gasteiger partial charge in [-0.2, -0.15) is 0 Å². The molecule has 0 aromatic heterocycles. The Balaban J connectivity index is 1.43. The molecule has 3 nitrogen and oxygen atoms in total. The summed E-state index contributed by atoms with van der Waals surface area (Å²) in [5.74, 6) is 1.93. The molecule has 1 saturated heterocycles. The molecule has 2 aliphatic carbocycles. The van der Waals surface area contributed by atoms with Crippen LogP contribution in [-0.2, 0) is 11.3 Å². The molecule has 1 heterocycles. The van der Waals surface area contributed by atoms with Gasteiger partial charge in [-0.15, -0.1) is 0 Å². The summed E-state index contributed by atoms with van der Waals surface area (Å²) in [6.07, 6.45) is 5.77. The Morgan fingerprint density at radius 2 is 1.71 bits per heavy atom. The number of nitrogens with one attached hydrogen (secondary N) is 1. The van der Waals surface area contributed by atoms with Crippen LogP contribution in [0.4, 0.5) is 5.69 Å². The van der Waals surface area contributed by atoms with E-state index in [1.54, 1.807) is 0 Å². The molecule has 0 bridgehead atoms. The number of rotatable bonds is 6. The first-order chi connectivity index (χ1) is 10.4. The van der Waals surface area contributed by atoms with Gasteiger partial charge in [-0.1, -0.05) is 18.2 Å². The molecule has 1 N–H and O–H groups in total. The van der Waals surface area contributed by atoms with Crippen molar-refractivity contribution in [3.63, 3.8) is 0 Å². The van der Waals surface area contributed by atoms with Gasteiger partial charge >= 0.3 is 0 Å². The molecule has 0 atom stereocenters. The van der Waals surface area contributed by atoms with Gasteiger partial charge in [0.15, 0.2) is 0 Å². The second-order valence-corrected chi connectivity index (χ2v) is 6.81. The molecule has 3 heteroatoms. The summed E-state index contributed by atoms with van der Waals surface area (Å²) in [7, 11) is 0. The molecule has 0 radical (unpaired) electrons. The van der Waals surface area contributed by atoms with Crippen molar-refractivity contribution < 1.29 is 4.74 Å². The van der Waals surface area contributed by atoms with Gasteiger partial charge in [0.2, 0.25) is 0 Å². The Morgan fingerprint density at radius 3 is 2.38 bits per heavy atom. The van der Waals surface area contributed by atoms with Gasteiger partial charge in [0.25, 0.3) is 0 Å². The lowest BCUT2D eigenvalue weighted by Crippen LogP contribution is -2.38. The largest absolute Gasteiger partial charge is 0.378 e. The molecule has 1 aliphatic heterocycles. The lowest BCUT2D eigenvalue weighted by molar-refractivity contribution is 0.122. The van der Waals surface area contributed by atoms with E-state index in [9.17, 15) is 0 Å². The van der Waals surface area contributed by atoms with Crippen LogP contribution < -0.4 is 10.2 Å². The average molecular weight is 286 g/mol. The fourth-order valence-corrected chi connectivity index (χ4v) is 3.63. The fourth-order valence-electron chi connectivity index (χ4n) is 3.63. The molecule has 1 aromatic rings. The lowest BCUT2D eigenvalue weighted by Gasteiger charge is -2.31. The zero-order chi connectivity index (χ0) is 14.1. The predicted molar refractivity (Wildman–Crippen MR) is 85.5 cm³/mol. The van der Waals surface area contributed by atoms with E-state index in [0.717, 1.165) is 50.7 Å². The Hall–Kier alpha value is -1.06. The van der Waals surface area contributed by atoms with Crippen LogP contribution in [0.5, 0.6) is 0 Å². The third-order valence-electron chi connectivity index (χ3n) is 5.13. The quantitative estimate of drug-likeness (QED) is 0.870. The van der Waals surface area contributed by atoms with E-state index in [1.165, 1.54) is 36.9 Å². The smallest absolute Gasteiger partial charge is 0.0642 e. The summed E-state index contributed by atoms with van der Waals surface area (Å²) in [4.78, 5) is 2.48. The minimum absolute atomic E-state index is 0.780. The van der Waals surface area contributed by atoms with Crippen LogP contribution >= 0.6 is 0 Å². The molecule has 3 aliphatic rings. The number of nitrogens with zero attached hydrogens (tertiary/aromatic N) is 1. The van der Waals surface area contributed by atoms with E-state index < -0.39 is 0 Å². The van der Waals surface area contributed by atoms with Gasteiger partial charge in [-0.3, -0.25) is 0 Å². The Kier molecular flexibility index (Phi) is 3.87. The molecule has 4 rings (SSSR count). The summed E-state index contributed by atoms with van der Waals surface area (Å²) in [5, 5.41) is 3.88. The third kappa shape index (κ3) is 3.24. The molecule has 0 spiro atoms. The minimum atomic E-state index is 0.780. The Labute approximate surface area is 127 Å². The summed E-state index contributed by atoms with van der Waals surface area (Å²) in [6, 6.07) is 9.67. The number of hydrogen-bond donors (Lipinski definition) is 1. The van der Waals surface area contributed by atoms with Crippen molar-refractivity contribution in [2.45, 2.75) is 38.3 Å². The van der Waals surface area contributed by atoms with E-state index in [-0.39, 0.29) is 0 Å². The van der Waals surface area contributed by atoms with E-state index in [2.05, 4.69) is 34.5 Å². The fraction of sp³-hybridized carbons (Fsp3) is 0.667. The van der Waals surface area contributed by atoms with Gasteiger partial charge in [0.05, 0.1) is 13.2 Å². The predicted octanol–water partition coefficient (Wildman–Crippen LogP) is 2.80. The zero-order valence-corrected chi connectivity index (χ0v) is 12.8. The van der Waals surface area contributed by atoms with Crippen LogP contribution in [0.1, 0.15) is 31.2 Å². The number of hydrogen-bond acceptors (Lipinski definition) is 3. The van der Waals surface area contributed by atoms with Crippen molar-refractivity contribution in [3.05, 3.63) is 29.8 Å². The molecular weight excluding hydrogens is 260 g/mol. The average Bonchev–Trinajstić information content (AvgIpc) is 3.42. The Morgan fingerprint density at radius 1 is 1.05 bits per heavy atom. The highest BCUT2D eigenvalue weighted by Crippen LogP contribution is 2.44. The van der Waals surface area contributed by atoms with Gasteiger partial charge < -0.3 is 15.0 Å². The monoisotopic (exact) mass is 286 g/mol. The van der Waals surface area contributed by atoms with Crippen LogP contribution in [0.15, 0.2) is 24.3 Å². The molecule has 1 aromatic carbocycles. The first kappa shape index (κ1) is 13.6. The standard InChI is InChI=1S/C18H26N2O/c1-2-4-17(20-9-11-21-12-10-20)16(3-1)13-19-18(14-5-6-14)15-7-8-15/h1-4,14-15,18-19H,5-13H2. The van der Waals surface area contributed by atoms with Crippen LogP contribution in [0.2, 0.25) is 0 Å². The van der Waals surface area contributed by atoms with Gasteiger partial charge in [0.1, 0.15) is 0 Å².